The lowest BCUT2D eigenvalue weighted by atomic mass is 9.77. The summed E-state index contributed by atoms with van der Waals surface area (Å²) in [5.41, 5.74) is 2.69. The highest BCUT2D eigenvalue weighted by Gasteiger charge is 2.50. The van der Waals surface area contributed by atoms with E-state index in [4.69, 9.17) is 28.4 Å². The van der Waals surface area contributed by atoms with E-state index in [-0.39, 0.29) is 24.3 Å². The second kappa shape index (κ2) is 15.3. The Morgan fingerprint density at radius 2 is 1.65 bits per heavy atom. The molecule has 1 aromatic heterocycles. The number of methoxy groups -OCH3 is 1. The average Bonchev–Trinajstić information content (AvgIpc) is 3.50. The Bertz CT molecular complexity index is 1610. The van der Waals surface area contributed by atoms with Gasteiger partial charge >= 0.3 is 5.97 Å². The first-order valence-electron chi connectivity index (χ1n) is 16.6. The number of aromatic amines is 1. The molecule has 0 radical (unpaired) electrons. The number of aromatic nitrogens is 1. The fourth-order valence-electron chi connectivity index (χ4n) is 7.26. The fraction of sp³-hybridized carbons (Fsp3) is 0.588. The number of fused-ring (bicyclic) bond motifs is 3. The standard InChI is InChI=1S/C34H44N2O15/c1-4-14-16(9-20-24-17(10-23(38)36(20)2)15-7-5-6-8-19(15)35-24)18(31(45)46-3)12-47-32(14)51-34-30(44)28(42)26(40)22(50-34)13-48-33-29(43)27(41)25(39)21(11-37)49-33/h4-8,12,14,16,20-22,25-30,32-35,37,39-44H,1,9-11,13H2,2-3H3. The SMILES string of the molecule is C=CC1C(OC2OC(COC3OC(CO)C(O)C(O)C3O)C(O)C(O)C2O)OC=C(C(=O)OC)C1CC1c2[nH]c3ccccc3c2CC(=O)N1C. The van der Waals surface area contributed by atoms with E-state index < -0.39 is 105 Å². The highest BCUT2D eigenvalue weighted by Crippen LogP contribution is 2.44. The lowest BCUT2D eigenvalue weighted by Crippen LogP contribution is -2.62. The van der Waals surface area contributed by atoms with Gasteiger partial charge in [0.1, 0.15) is 48.8 Å². The van der Waals surface area contributed by atoms with Gasteiger partial charge in [-0.2, -0.15) is 0 Å². The number of para-hydroxylation sites is 1. The van der Waals surface area contributed by atoms with Crippen molar-refractivity contribution >= 4 is 22.8 Å². The average molecular weight is 721 g/mol. The van der Waals surface area contributed by atoms with Crippen molar-refractivity contribution < 1.29 is 73.8 Å². The highest BCUT2D eigenvalue weighted by molar-refractivity contribution is 5.92. The van der Waals surface area contributed by atoms with E-state index in [9.17, 15) is 45.3 Å². The number of rotatable bonds is 10. The smallest absolute Gasteiger partial charge is 0.337 e. The number of carbonyl (C=O) groups is 2. The molecule has 0 saturated carbocycles. The Balaban J connectivity index is 1.22. The van der Waals surface area contributed by atoms with Crippen LogP contribution in [0.5, 0.6) is 0 Å². The molecule has 2 saturated heterocycles. The first-order valence-corrected chi connectivity index (χ1v) is 16.6. The van der Waals surface area contributed by atoms with Crippen LogP contribution in [-0.2, 0) is 44.4 Å². The van der Waals surface area contributed by atoms with Crippen molar-refractivity contribution in [2.75, 3.05) is 27.4 Å². The maximum absolute atomic E-state index is 13.2. The van der Waals surface area contributed by atoms with E-state index in [0.29, 0.717) is 0 Å². The van der Waals surface area contributed by atoms with E-state index in [2.05, 4.69) is 11.6 Å². The first kappa shape index (κ1) is 37.3. The Morgan fingerprint density at radius 1 is 0.980 bits per heavy atom. The van der Waals surface area contributed by atoms with Crippen LogP contribution in [0.2, 0.25) is 0 Å². The molecule has 2 aromatic rings. The van der Waals surface area contributed by atoms with Crippen molar-refractivity contribution in [1.29, 1.82) is 0 Å². The van der Waals surface area contributed by atoms with Crippen molar-refractivity contribution in [2.45, 2.75) is 86.6 Å². The summed E-state index contributed by atoms with van der Waals surface area (Å²) >= 11 is 0. The van der Waals surface area contributed by atoms with Gasteiger partial charge in [-0.3, -0.25) is 4.79 Å². The fourth-order valence-corrected chi connectivity index (χ4v) is 7.26. The van der Waals surface area contributed by atoms with Gasteiger partial charge in [0.15, 0.2) is 12.6 Å². The number of aliphatic hydroxyl groups excluding tert-OH is 7. The zero-order chi connectivity index (χ0) is 36.7. The predicted molar refractivity (Wildman–Crippen MR) is 172 cm³/mol. The summed E-state index contributed by atoms with van der Waals surface area (Å²) in [5.74, 6) is -2.29. The van der Waals surface area contributed by atoms with Crippen molar-refractivity contribution in [1.82, 2.24) is 9.88 Å². The van der Waals surface area contributed by atoms with Crippen LogP contribution in [-0.4, -0.2) is 153 Å². The van der Waals surface area contributed by atoms with Gasteiger partial charge in [0.2, 0.25) is 12.2 Å². The Labute approximate surface area is 292 Å². The molecule has 5 heterocycles. The van der Waals surface area contributed by atoms with Gasteiger partial charge in [-0.25, -0.2) is 4.79 Å². The topological polar surface area (TPSA) is 250 Å². The molecule has 14 unspecified atom stereocenters. The molecule has 280 valence electrons. The van der Waals surface area contributed by atoms with Gasteiger partial charge in [0, 0.05) is 35.5 Å². The Kier molecular flexibility index (Phi) is 11.2. The molecule has 6 rings (SSSR count). The third-order valence-electron chi connectivity index (χ3n) is 10.3. The number of hydrogen-bond donors (Lipinski definition) is 8. The molecule has 17 nitrogen and oxygen atoms in total. The largest absolute Gasteiger partial charge is 0.471 e. The summed E-state index contributed by atoms with van der Waals surface area (Å²) in [5, 5.41) is 73.2. The first-order chi connectivity index (χ1) is 24.4. The van der Waals surface area contributed by atoms with Crippen LogP contribution >= 0.6 is 0 Å². The lowest BCUT2D eigenvalue weighted by molar-refractivity contribution is -0.352. The number of benzene rings is 1. The number of aliphatic hydroxyl groups is 7. The second-order valence-corrected chi connectivity index (χ2v) is 13.2. The summed E-state index contributed by atoms with van der Waals surface area (Å²) in [6.45, 7) is 2.69. The number of likely N-dealkylation sites (N-methyl/N-ethyl adjacent to an activating group) is 1. The Morgan fingerprint density at radius 3 is 2.33 bits per heavy atom. The molecule has 8 N–H and O–H groups in total. The van der Waals surface area contributed by atoms with E-state index in [1.54, 1.807) is 11.9 Å². The molecule has 1 amide bonds. The number of hydrogen-bond acceptors (Lipinski definition) is 15. The van der Waals surface area contributed by atoms with Gasteiger partial charge < -0.3 is 74.1 Å². The minimum atomic E-state index is -1.81. The monoisotopic (exact) mass is 720 g/mol. The van der Waals surface area contributed by atoms with Crippen molar-refractivity contribution in [3.05, 3.63) is 60.0 Å². The third-order valence-corrected chi connectivity index (χ3v) is 10.3. The molecule has 0 aliphatic carbocycles. The van der Waals surface area contributed by atoms with Gasteiger partial charge in [-0.1, -0.05) is 24.3 Å². The minimum Gasteiger partial charge on any atom is -0.471 e. The molecular weight excluding hydrogens is 676 g/mol. The number of carbonyl (C=O) groups excluding carboxylic acids is 2. The molecule has 17 heteroatoms. The summed E-state index contributed by atoms with van der Waals surface area (Å²) in [6, 6.07) is 7.13. The van der Waals surface area contributed by atoms with E-state index in [1.807, 2.05) is 24.3 Å². The maximum Gasteiger partial charge on any atom is 0.337 e. The molecule has 1 aromatic carbocycles. The molecule has 2 fully saturated rings. The number of H-pyrrole nitrogens is 1. The van der Waals surface area contributed by atoms with Gasteiger partial charge in [0.05, 0.1) is 44.6 Å². The lowest BCUT2D eigenvalue weighted by Gasteiger charge is -2.45. The van der Waals surface area contributed by atoms with E-state index >= 15 is 0 Å². The van der Waals surface area contributed by atoms with E-state index in [1.165, 1.54) is 19.4 Å². The molecule has 0 bridgehead atoms. The highest BCUT2D eigenvalue weighted by atomic mass is 16.8. The number of esters is 1. The van der Waals surface area contributed by atoms with Crippen LogP contribution in [0.15, 0.2) is 48.8 Å². The zero-order valence-corrected chi connectivity index (χ0v) is 27.9. The molecule has 14 atom stereocenters. The van der Waals surface area contributed by atoms with Crippen LogP contribution in [0.25, 0.3) is 10.9 Å². The van der Waals surface area contributed by atoms with Crippen LogP contribution in [0, 0.1) is 11.8 Å². The van der Waals surface area contributed by atoms with Crippen molar-refractivity contribution in [3.8, 4) is 0 Å². The predicted octanol–water partition coefficient (Wildman–Crippen LogP) is -1.91. The van der Waals surface area contributed by atoms with Crippen molar-refractivity contribution in [3.63, 3.8) is 0 Å². The summed E-state index contributed by atoms with van der Waals surface area (Å²) < 4.78 is 33.6. The summed E-state index contributed by atoms with van der Waals surface area (Å²) in [4.78, 5) is 31.3. The number of ether oxygens (including phenoxy) is 6. The molecule has 4 aliphatic rings. The van der Waals surface area contributed by atoms with E-state index in [0.717, 1.165) is 22.2 Å². The van der Waals surface area contributed by atoms with Crippen LogP contribution in [0.3, 0.4) is 0 Å². The minimum absolute atomic E-state index is 0.112. The van der Waals surface area contributed by atoms with Crippen molar-refractivity contribution in [2.24, 2.45) is 11.8 Å². The van der Waals surface area contributed by atoms with Crippen LogP contribution in [0.1, 0.15) is 23.7 Å². The third kappa shape index (κ3) is 6.92. The Hall–Kier alpha value is -3.46. The maximum atomic E-state index is 13.2. The number of nitrogens with one attached hydrogen (secondary N) is 1. The quantitative estimate of drug-likeness (QED) is 0.0985. The van der Waals surface area contributed by atoms with Crippen LogP contribution in [0.4, 0.5) is 0 Å². The number of amides is 1. The summed E-state index contributed by atoms with van der Waals surface area (Å²) in [6.07, 6.45) is -14.4. The normalized spacial score (nSPS) is 38.5. The second-order valence-electron chi connectivity index (χ2n) is 13.2. The molecule has 4 aliphatic heterocycles. The summed E-state index contributed by atoms with van der Waals surface area (Å²) in [7, 11) is 2.91. The molecule has 0 spiro atoms. The molecular formula is C34H44N2O15. The number of nitrogens with zero attached hydrogens (tertiary/aromatic N) is 1. The van der Waals surface area contributed by atoms with Gasteiger partial charge in [-0.05, 0) is 18.1 Å². The van der Waals surface area contributed by atoms with Gasteiger partial charge in [-0.15, -0.1) is 6.58 Å². The molecule has 51 heavy (non-hydrogen) atoms. The zero-order valence-electron chi connectivity index (χ0n) is 27.9. The van der Waals surface area contributed by atoms with Gasteiger partial charge in [0.25, 0.3) is 0 Å². The van der Waals surface area contributed by atoms with Crippen LogP contribution < -0.4 is 0 Å².